The molecular weight excluding hydrogens is 341 g/mol. The lowest BCUT2D eigenvalue weighted by Crippen LogP contribution is -2.41. The minimum atomic E-state index is -1.20. The van der Waals surface area contributed by atoms with E-state index < -0.39 is 5.16 Å². The van der Waals surface area contributed by atoms with E-state index in [1.165, 1.54) is 25.7 Å². The molecule has 1 N–H and O–H groups in total. The molecule has 138 valence electrons. The summed E-state index contributed by atoms with van der Waals surface area (Å²) in [7, 11) is -0.226. The lowest BCUT2D eigenvalue weighted by atomic mass is 9.89. The molecule has 3 nitrogen and oxygen atoms in total. The zero-order valence-corrected chi connectivity index (χ0v) is 16.4. The van der Waals surface area contributed by atoms with Gasteiger partial charge < -0.3 is 5.32 Å². The van der Waals surface area contributed by atoms with Crippen LogP contribution in [0.4, 0.5) is 0 Å². The number of carbonyl (C=O) groups excluding carboxylic acids is 1. The summed E-state index contributed by atoms with van der Waals surface area (Å²) >= 11 is 0. The van der Waals surface area contributed by atoms with E-state index >= 15 is 0 Å². The van der Waals surface area contributed by atoms with Crippen molar-refractivity contribution in [2.75, 3.05) is 6.54 Å². The van der Waals surface area contributed by atoms with Crippen molar-refractivity contribution in [3.8, 4) is 0 Å². The first kappa shape index (κ1) is 20.3. The average molecular weight is 369 g/mol. The summed E-state index contributed by atoms with van der Waals surface area (Å²) in [4.78, 5) is 13.1. The molecule has 0 bridgehead atoms. The molecule has 2 aromatic rings. The molecule has 0 fully saturated rings. The number of benzene rings is 2. The molecule has 0 unspecified atom stereocenters. The quantitative estimate of drug-likeness (QED) is 0.408. The monoisotopic (exact) mass is 369 g/mol. The number of hydrogen-bond acceptors (Lipinski definition) is 2. The van der Waals surface area contributed by atoms with Gasteiger partial charge in [-0.15, -0.1) is 0 Å². The SMILES string of the molecule is CCCCCCCCNC(=O)C(P=O)(c1ccccc1)c1ccccc1. The van der Waals surface area contributed by atoms with E-state index in [2.05, 4.69) is 12.2 Å². The second kappa shape index (κ2) is 10.9. The summed E-state index contributed by atoms with van der Waals surface area (Å²) in [6, 6.07) is 18.7. The van der Waals surface area contributed by atoms with Crippen LogP contribution in [0.15, 0.2) is 60.7 Å². The van der Waals surface area contributed by atoms with Gasteiger partial charge in [-0.2, -0.15) is 0 Å². The Morgan fingerprint density at radius 2 is 1.35 bits per heavy atom. The predicted molar refractivity (Wildman–Crippen MR) is 108 cm³/mol. The van der Waals surface area contributed by atoms with Gasteiger partial charge in [0.1, 0.15) is 0 Å². The first-order valence-electron chi connectivity index (χ1n) is 9.49. The molecule has 26 heavy (non-hydrogen) atoms. The Kier molecular flexibility index (Phi) is 8.50. The fourth-order valence-corrected chi connectivity index (χ4v) is 3.84. The van der Waals surface area contributed by atoms with Gasteiger partial charge in [-0.05, 0) is 17.5 Å². The lowest BCUT2D eigenvalue weighted by molar-refractivity contribution is -0.122. The molecule has 0 saturated carbocycles. The number of nitrogens with one attached hydrogen (secondary N) is 1. The first-order chi connectivity index (χ1) is 12.8. The van der Waals surface area contributed by atoms with Crippen molar-refractivity contribution >= 4 is 14.4 Å². The highest BCUT2D eigenvalue weighted by Gasteiger charge is 2.43. The number of rotatable bonds is 11. The number of unbranched alkanes of at least 4 members (excludes halogenated alkanes) is 5. The predicted octanol–water partition coefficient (Wildman–Crippen LogP) is 5.70. The molecule has 1 amide bonds. The van der Waals surface area contributed by atoms with Crippen LogP contribution in [0.25, 0.3) is 0 Å². The molecule has 0 spiro atoms. The third-order valence-corrected chi connectivity index (χ3v) is 5.66. The van der Waals surface area contributed by atoms with Crippen molar-refractivity contribution < 1.29 is 9.36 Å². The molecule has 0 aliphatic carbocycles. The molecule has 0 atom stereocenters. The highest BCUT2D eigenvalue weighted by molar-refractivity contribution is 7.27. The largest absolute Gasteiger partial charge is 0.354 e. The van der Waals surface area contributed by atoms with Crippen LogP contribution in [0, 0.1) is 0 Å². The summed E-state index contributed by atoms with van der Waals surface area (Å²) in [5.41, 5.74) is 1.48. The van der Waals surface area contributed by atoms with Gasteiger partial charge in [-0.3, -0.25) is 9.36 Å². The minimum Gasteiger partial charge on any atom is -0.354 e. The third-order valence-electron chi connectivity index (χ3n) is 4.66. The van der Waals surface area contributed by atoms with Crippen molar-refractivity contribution in [3.05, 3.63) is 71.8 Å². The smallest absolute Gasteiger partial charge is 0.246 e. The average Bonchev–Trinajstić information content (AvgIpc) is 2.70. The Hall–Kier alpha value is -1.99. The molecule has 4 heteroatoms. The zero-order valence-electron chi connectivity index (χ0n) is 15.5. The normalized spacial score (nSPS) is 11.4. The van der Waals surface area contributed by atoms with Crippen LogP contribution in [0.2, 0.25) is 0 Å². The van der Waals surface area contributed by atoms with E-state index in [1.807, 2.05) is 60.7 Å². The summed E-state index contributed by atoms with van der Waals surface area (Å²) in [5, 5.41) is 1.81. The van der Waals surface area contributed by atoms with Crippen molar-refractivity contribution in [2.24, 2.45) is 0 Å². The van der Waals surface area contributed by atoms with Crippen LogP contribution in [0.3, 0.4) is 0 Å². The second-order valence-electron chi connectivity index (χ2n) is 6.56. The first-order valence-corrected chi connectivity index (χ1v) is 10.3. The Morgan fingerprint density at radius 1 is 0.846 bits per heavy atom. The fourth-order valence-electron chi connectivity index (χ4n) is 3.17. The maximum Gasteiger partial charge on any atom is 0.246 e. The van der Waals surface area contributed by atoms with Crippen LogP contribution in [0.1, 0.15) is 56.6 Å². The Morgan fingerprint density at radius 3 is 1.85 bits per heavy atom. The molecule has 0 aliphatic heterocycles. The summed E-state index contributed by atoms with van der Waals surface area (Å²) in [6.07, 6.45) is 7.01. The van der Waals surface area contributed by atoms with Gasteiger partial charge in [-0.25, -0.2) is 0 Å². The molecule has 0 heterocycles. The van der Waals surface area contributed by atoms with Crippen LogP contribution < -0.4 is 5.32 Å². The fraction of sp³-hybridized carbons (Fsp3) is 0.409. The highest BCUT2D eigenvalue weighted by atomic mass is 31.1. The minimum absolute atomic E-state index is 0.208. The van der Waals surface area contributed by atoms with Gasteiger partial charge in [0.25, 0.3) is 0 Å². The molecule has 0 saturated heterocycles. The van der Waals surface area contributed by atoms with E-state index in [0.29, 0.717) is 6.54 Å². The molecule has 0 radical (unpaired) electrons. The van der Waals surface area contributed by atoms with Crippen molar-refractivity contribution in [2.45, 2.75) is 50.6 Å². The van der Waals surface area contributed by atoms with Crippen molar-refractivity contribution in [1.82, 2.24) is 5.32 Å². The van der Waals surface area contributed by atoms with Crippen molar-refractivity contribution in [1.29, 1.82) is 0 Å². The molecule has 0 aliphatic rings. The van der Waals surface area contributed by atoms with Gasteiger partial charge >= 0.3 is 0 Å². The Balaban J connectivity index is 2.12. The van der Waals surface area contributed by atoms with Gasteiger partial charge in [0.2, 0.25) is 5.91 Å². The van der Waals surface area contributed by atoms with Crippen LogP contribution >= 0.6 is 8.46 Å². The number of hydrogen-bond donors (Lipinski definition) is 1. The maximum atomic E-state index is 13.1. The Labute approximate surface area is 158 Å². The number of amides is 1. The van der Waals surface area contributed by atoms with Crippen LogP contribution in [-0.4, -0.2) is 12.5 Å². The van der Waals surface area contributed by atoms with Crippen molar-refractivity contribution in [3.63, 3.8) is 0 Å². The molecule has 0 aromatic heterocycles. The van der Waals surface area contributed by atoms with E-state index in [-0.39, 0.29) is 14.4 Å². The lowest BCUT2D eigenvalue weighted by Gasteiger charge is -2.27. The molecule has 2 rings (SSSR count). The van der Waals surface area contributed by atoms with Gasteiger partial charge in [-0.1, -0.05) is 99.7 Å². The van der Waals surface area contributed by atoms with Crippen LogP contribution in [0.5, 0.6) is 0 Å². The highest BCUT2D eigenvalue weighted by Crippen LogP contribution is 2.42. The van der Waals surface area contributed by atoms with E-state index in [1.54, 1.807) is 0 Å². The van der Waals surface area contributed by atoms with E-state index in [9.17, 15) is 9.36 Å². The topological polar surface area (TPSA) is 46.2 Å². The second-order valence-corrected chi connectivity index (χ2v) is 7.41. The van der Waals surface area contributed by atoms with Gasteiger partial charge in [0.05, 0.1) is 0 Å². The van der Waals surface area contributed by atoms with E-state index in [4.69, 9.17) is 0 Å². The summed E-state index contributed by atoms with van der Waals surface area (Å²) in [5.74, 6) is -0.208. The summed E-state index contributed by atoms with van der Waals surface area (Å²) in [6.45, 7) is 2.82. The van der Waals surface area contributed by atoms with Gasteiger partial charge in [0.15, 0.2) is 13.6 Å². The standard InChI is InChI=1S/C22H28NO2P/c1-2-3-4-5-6-13-18-23-21(24)22(26-25,19-14-9-7-10-15-19)20-16-11-8-12-17-20/h7-12,14-17H,2-6,13,18H2,1H3,(H,23,24). The maximum absolute atomic E-state index is 13.1. The van der Waals surface area contributed by atoms with E-state index in [0.717, 1.165) is 24.0 Å². The zero-order chi connectivity index (χ0) is 18.7. The molecule has 2 aromatic carbocycles. The molecular formula is C22H28NO2P. The van der Waals surface area contributed by atoms with Crippen LogP contribution in [-0.2, 0) is 14.5 Å². The third kappa shape index (κ3) is 5.02. The number of carbonyl (C=O) groups is 1. The Bertz CT molecular complexity index is 634. The summed E-state index contributed by atoms with van der Waals surface area (Å²) < 4.78 is 12.3. The van der Waals surface area contributed by atoms with Gasteiger partial charge in [0, 0.05) is 6.54 Å².